The third-order valence-electron chi connectivity index (χ3n) is 12.0. The molecule has 18 heteroatoms. The largest absolute Gasteiger partial charge is 0.490 e. The molecular weight excluding hydrogens is 930 g/mol. The Morgan fingerprint density at radius 2 is 0.903 bits per heavy atom. The van der Waals surface area contributed by atoms with Gasteiger partial charge in [0, 0.05) is 58.4 Å². The number of guanidine groups is 1. The highest BCUT2D eigenvalue weighted by atomic mass is 19.4. The Morgan fingerprint density at radius 1 is 0.528 bits per heavy atom. The summed E-state index contributed by atoms with van der Waals surface area (Å²) < 4.78 is 31.7. The maximum atomic E-state index is 13.4. The van der Waals surface area contributed by atoms with Crippen LogP contribution in [0.3, 0.4) is 0 Å². The molecule has 0 unspecified atom stereocenters. The number of nitrogens with zero attached hydrogens (tertiary/aromatic N) is 2. The Kier molecular flexibility index (Phi) is 48.1. The monoisotopic (exact) mass is 1030 g/mol. The molecule has 15 nitrogen and oxygen atoms in total. The number of amides is 5. The van der Waals surface area contributed by atoms with Crippen LogP contribution in [-0.2, 0) is 28.8 Å². The minimum Gasteiger partial charge on any atom is -0.475 e. The molecule has 0 aromatic heterocycles. The van der Waals surface area contributed by atoms with Crippen molar-refractivity contribution in [2.75, 3.05) is 32.7 Å². The molecule has 0 heterocycles. The maximum Gasteiger partial charge on any atom is 0.490 e. The molecule has 0 bridgehead atoms. The predicted molar refractivity (Wildman–Crippen MR) is 285 cm³/mol. The van der Waals surface area contributed by atoms with Gasteiger partial charge in [-0.05, 0) is 89.9 Å². The van der Waals surface area contributed by atoms with Crippen LogP contribution in [0.1, 0.15) is 232 Å². The first-order chi connectivity index (χ1) is 34.5. The van der Waals surface area contributed by atoms with Crippen molar-refractivity contribution >= 4 is 41.5 Å². The summed E-state index contributed by atoms with van der Waals surface area (Å²) in [7, 11) is 0. The Bertz CT molecular complexity index is 1430. The van der Waals surface area contributed by atoms with Gasteiger partial charge in [0.2, 0.25) is 29.5 Å². The second-order valence-electron chi connectivity index (χ2n) is 18.7. The van der Waals surface area contributed by atoms with Crippen molar-refractivity contribution in [2.24, 2.45) is 22.2 Å². The quantitative estimate of drug-likeness (QED) is 0.0132. The fourth-order valence-electron chi connectivity index (χ4n) is 7.68. The minimum absolute atomic E-state index is 0.0217. The van der Waals surface area contributed by atoms with Gasteiger partial charge in [0.15, 0.2) is 5.96 Å². The molecule has 0 radical (unpaired) electrons. The number of primary amides is 1. The minimum atomic E-state index is -5.08. The van der Waals surface area contributed by atoms with Crippen LogP contribution in [0.4, 0.5) is 13.2 Å². The molecule has 418 valence electrons. The number of carboxylic acid groups (broad SMARTS) is 1. The summed E-state index contributed by atoms with van der Waals surface area (Å²) in [6.07, 6.45) is 38.4. The van der Waals surface area contributed by atoms with Gasteiger partial charge in [0.1, 0.15) is 6.04 Å². The van der Waals surface area contributed by atoms with Crippen LogP contribution < -0.4 is 33.2 Å². The summed E-state index contributed by atoms with van der Waals surface area (Å²) in [4.78, 5) is 77.6. The number of nitrogens with one attached hydrogen (secondary N) is 3. The van der Waals surface area contributed by atoms with Gasteiger partial charge in [-0.2, -0.15) is 13.2 Å². The number of halogens is 3. The van der Waals surface area contributed by atoms with Crippen LogP contribution in [0.2, 0.25) is 0 Å². The van der Waals surface area contributed by atoms with E-state index in [0.29, 0.717) is 64.8 Å². The number of carbonyl (C=O) groups excluding carboxylic acids is 5. The van der Waals surface area contributed by atoms with E-state index in [0.717, 1.165) is 51.4 Å². The zero-order valence-corrected chi connectivity index (χ0v) is 44.6. The van der Waals surface area contributed by atoms with Gasteiger partial charge in [-0.3, -0.25) is 29.0 Å². The molecule has 5 amide bonds. The van der Waals surface area contributed by atoms with Gasteiger partial charge in [0.25, 0.3) is 0 Å². The average molecular weight is 1030 g/mol. The van der Waals surface area contributed by atoms with Gasteiger partial charge < -0.3 is 43.2 Å². The zero-order chi connectivity index (χ0) is 53.9. The summed E-state index contributed by atoms with van der Waals surface area (Å²) in [6.45, 7) is 6.51. The third kappa shape index (κ3) is 50.3. The van der Waals surface area contributed by atoms with Crippen LogP contribution >= 0.6 is 0 Å². The molecule has 0 aliphatic heterocycles. The van der Waals surface area contributed by atoms with E-state index in [4.69, 9.17) is 27.1 Å². The van der Waals surface area contributed by atoms with E-state index in [1.54, 1.807) is 4.90 Å². The predicted octanol–water partition coefficient (Wildman–Crippen LogP) is 10.3. The van der Waals surface area contributed by atoms with E-state index in [-0.39, 0.29) is 42.9 Å². The van der Waals surface area contributed by atoms with E-state index in [9.17, 15) is 37.1 Å². The lowest BCUT2D eigenvalue weighted by molar-refractivity contribution is -0.192. The summed E-state index contributed by atoms with van der Waals surface area (Å²) in [5.74, 6) is -4.10. The molecule has 0 spiro atoms. The second-order valence-corrected chi connectivity index (χ2v) is 18.7. The van der Waals surface area contributed by atoms with Crippen molar-refractivity contribution in [3.05, 3.63) is 24.3 Å². The number of nitrogens with two attached hydrogens (primary N) is 3. The molecule has 1 atom stereocenters. The van der Waals surface area contributed by atoms with Crippen LogP contribution in [-0.4, -0.2) is 96.4 Å². The van der Waals surface area contributed by atoms with Gasteiger partial charge >= 0.3 is 12.1 Å². The summed E-state index contributed by atoms with van der Waals surface area (Å²) in [5, 5.41) is 15.7. The average Bonchev–Trinajstić information content (AvgIpc) is 3.33. The molecule has 0 aromatic carbocycles. The van der Waals surface area contributed by atoms with Crippen molar-refractivity contribution in [1.29, 1.82) is 0 Å². The number of unbranched alkanes of at least 4 members (excludes halogenated alkanes) is 22. The number of aliphatic imine (C=N–C) groups is 1. The molecule has 0 saturated heterocycles. The van der Waals surface area contributed by atoms with E-state index in [2.05, 4.69) is 59.1 Å². The SMILES string of the molecule is CCCCCCCC/C=C\CCCCCCCC(=O)NCCCN(CCCNC(=O)CCCCCCC/C=C\CCCCCCCC)C(=O)CCC(=O)N[C@@H](CCCN=C(N)N)C(N)=O.O=C(O)C(F)(F)F. The van der Waals surface area contributed by atoms with Gasteiger partial charge in [-0.15, -0.1) is 0 Å². The highest BCUT2D eigenvalue weighted by molar-refractivity contribution is 5.88. The molecule has 0 aliphatic rings. The Hall–Kier alpha value is -4.64. The number of rotatable bonds is 47. The molecule has 0 rings (SSSR count). The fourth-order valence-corrected chi connectivity index (χ4v) is 7.68. The van der Waals surface area contributed by atoms with Gasteiger partial charge in [0.05, 0.1) is 0 Å². The number of alkyl halides is 3. The first-order valence-electron chi connectivity index (χ1n) is 27.6. The number of aliphatic carboxylic acids is 1. The molecule has 72 heavy (non-hydrogen) atoms. The lowest BCUT2D eigenvalue weighted by Crippen LogP contribution is -2.45. The first-order valence-corrected chi connectivity index (χ1v) is 27.6. The van der Waals surface area contributed by atoms with Crippen LogP contribution in [0, 0.1) is 0 Å². The Balaban J connectivity index is 0. The lowest BCUT2D eigenvalue weighted by atomic mass is 10.1. The fraction of sp³-hybridized carbons (Fsp3) is 0.796. The highest BCUT2D eigenvalue weighted by Gasteiger charge is 2.38. The number of carbonyl (C=O) groups is 6. The van der Waals surface area contributed by atoms with Gasteiger partial charge in [-0.25, -0.2) is 4.79 Å². The standard InChI is InChI=1S/C52H98N8O5.C2HF3O2/c1-3-5-7-9-11-13-15-17-19-21-23-25-27-29-31-37-47(61)56-42-34-44-60(50(64)40-39-49(63)59-46(51(53)65)36-33-41-58-52(54)55)45-35-43-57-48(62)38-32-30-28-26-24-22-20-18-16-14-12-10-8-6-4-2;3-2(4,5)1(6)7/h17-20,46H,3-16,21-45H2,1-2H3,(H2,53,65)(H,56,61)(H,57,62)(H,59,63)(H4,54,55,58);(H,6,7)/b19-17-,20-18-;/t46-;/m0./s1. The second kappa shape index (κ2) is 49.9. The molecule has 10 N–H and O–H groups in total. The molecule has 0 aliphatic carbocycles. The number of allylic oxidation sites excluding steroid dienone is 4. The van der Waals surface area contributed by atoms with E-state index < -0.39 is 30.0 Å². The Morgan fingerprint density at radius 3 is 1.26 bits per heavy atom. The van der Waals surface area contributed by atoms with Crippen molar-refractivity contribution in [3.8, 4) is 0 Å². The Labute approximate surface area is 431 Å². The molecule has 0 saturated carbocycles. The molecule has 0 aromatic rings. The van der Waals surface area contributed by atoms with E-state index >= 15 is 0 Å². The number of carboxylic acids is 1. The molecular formula is C54H99F3N8O7. The van der Waals surface area contributed by atoms with Crippen molar-refractivity contribution in [2.45, 2.75) is 244 Å². The lowest BCUT2D eigenvalue weighted by Gasteiger charge is -2.23. The van der Waals surface area contributed by atoms with E-state index in [1.807, 2.05) is 0 Å². The number of hydrogen-bond acceptors (Lipinski definition) is 7. The molecule has 0 fully saturated rings. The first kappa shape index (κ1) is 69.4. The van der Waals surface area contributed by atoms with Crippen LogP contribution in [0.5, 0.6) is 0 Å². The van der Waals surface area contributed by atoms with Crippen molar-refractivity contribution in [3.63, 3.8) is 0 Å². The van der Waals surface area contributed by atoms with Crippen molar-refractivity contribution in [1.82, 2.24) is 20.9 Å². The normalized spacial score (nSPS) is 11.7. The number of hydrogen-bond donors (Lipinski definition) is 7. The smallest absolute Gasteiger partial charge is 0.475 e. The summed E-state index contributed by atoms with van der Waals surface area (Å²) in [5.41, 5.74) is 16.2. The topological polar surface area (TPSA) is 252 Å². The van der Waals surface area contributed by atoms with Crippen LogP contribution in [0.15, 0.2) is 29.3 Å². The highest BCUT2D eigenvalue weighted by Crippen LogP contribution is 2.14. The van der Waals surface area contributed by atoms with Crippen molar-refractivity contribution < 1.29 is 47.0 Å². The zero-order valence-electron chi connectivity index (χ0n) is 44.6. The van der Waals surface area contributed by atoms with Gasteiger partial charge in [-0.1, -0.05) is 141 Å². The summed E-state index contributed by atoms with van der Waals surface area (Å²) in [6, 6.07) is -0.895. The maximum absolute atomic E-state index is 13.4. The van der Waals surface area contributed by atoms with Crippen LogP contribution in [0.25, 0.3) is 0 Å². The third-order valence-corrected chi connectivity index (χ3v) is 12.0. The summed E-state index contributed by atoms with van der Waals surface area (Å²) >= 11 is 0. The van der Waals surface area contributed by atoms with E-state index in [1.165, 1.54) is 116 Å².